The van der Waals surface area contributed by atoms with Gasteiger partial charge in [-0.05, 0) is 57.2 Å². The van der Waals surface area contributed by atoms with Crippen molar-refractivity contribution in [3.05, 3.63) is 11.1 Å². The Bertz CT molecular complexity index is 337. The van der Waals surface area contributed by atoms with E-state index in [0.29, 0.717) is 5.92 Å². The van der Waals surface area contributed by atoms with Gasteiger partial charge in [-0.15, -0.1) is 0 Å². The average molecular weight is 238 g/mol. The van der Waals surface area contributed by atoms with Crippen LogP contribution in [0, 0.1) is 5.92 Å². The molecule has 0 unspecified atom stereocenters. The number of hydrogen-bond acceptors (Lipinski definition) is 3. The van der Waals surface area contributed by atoms with Crippen molar-refractivity contribution in [2.24, 2.45) is 11.7 Å². The lowest BCUT2D eigenvalue weighted by atomic mass is 10.0. The molecule has 0 bridgehead atoms. The van der Waals surface area contributed by atoms with Gasteiger partial charge in [-0.1, -0.05) is 0 Å². The largest absolute Gasteiger partial charge is 0.444 e. The molecular weight excluding hydrogens is 216 g/mol. The maximum absolute atomic E-state index is 11.9. The summed E-state index contributed by atoms with van der Waals surface area (Å²) in [5.74, 6) is 0.598. The highest BCUT2D eigenvalue weighted by atomic mass is 16.6. The number of likely N-dealkylation sites (tertiary alicyclic amines) is 1. The third-order valence-electron chi connectivity index (χ3n) is 3.32. The first-order valence-electron chi connectivity index (χ1n) is 6.27. The number of nitrogens with zero attached hydrogens (tertiary/aromatic N) is 1. The Morgan fingerprint density at radius 3 is 2.29 bits per heavy atom. The molecule has 0 aromatic heterocycles. The lowest BCUT2D eigenvalue weighted by Gasteiger charge is -2.25. The molecule has 0 aromatic rings. The Hall–Kier alpha value is -1.03. The monoisotopic (exact) mass is 238 g/mol. The Morgan fingerprint density at radius 2 is 1.88 bits per heavy atom. The predicted molar refractivity (Wildman–Crippen MR) is 66.6 cm³/mol. The van der Waals surface area contributed by atoms with Gasteiger partial charge in [-0.2, -0.15) is 0 Å². The number of ether oxygens (including phenoxy) is 1. The molecule has 2 rings (SSSR count). The van der Waals surface area contributed by atoms with Gasteiger partial charge in [0, 0.05) is 13.1 Å². The average Bonchev–Trinajstić information content (AvgIpc) is 2.70. The van der Waals surface area contributed by atoms with Crippen LogP contribution in [-0.4, -0.2) is 36.2 Å². The molecule has 1 aliphatic carbocycles. The van der Waals surface area contributed by atoms with Crippen LogP contribution in [0.2, 0.25) is 0 Å². The number of amides is 1. The van der Waals surface area contributed by atoms with E-state index in [1.165, 1.54) is 11.1 Å². The third kappa shape index (κ3) is 2.80. The normalized spacial score (nSPS) is 21.1. The van der Waals surface area contributed by atoms with Crippen LogP contribution in [0.4, 0.5) is 4.79 Å². The molecular formula is C13H22N2O2. The number of carbonyl (C=O) groups is 1. The van der Waals surface area contributed by atoms with Gasteiger partial charge in [-0.25, -0.2) is 4.79 Å². The van der Waals surface area contributed by atoms with E-state index in [2.05, 4.69) is 0 Å². The van der Waals surface area contributed by atoms with Crippen LogP contribution < -0.4 is 5.73 Å². The van der Waals surface area contributed by atoms with E-state index in [-0.39, 0.29) is 6.09 Å². The summed E-state index contributed by atoms with van der Waals surface area (Å²) in [5.41, 5.74) is 8.09. The summed E-state index contributed by atoms with van der Waals surface area (Å²) >= 11 is 0. The molecule has 0 aromatic carbocycles. The van der Waals surface area contributed by atoms with Crippen molar-refractivity contribution in [1.29, 1.82) is 0 Å². The second-order valence-electron chi connectivity index (χ2n) is 6.05. The molecule has 0 radical (unpaired) electrons. The van der Waals surface area contributed by atoms with Gasteiger partial charge in [0.1, 0.15) is 5.60 Å². The standard InChI is InChI=1S/C13H22N2O2/c1-13(2,3)17-12(16)15-7-10-4-9(6-14)5-11(10)8-15/h9H,4-8,14H2,1-3H3. The fourth-order valence-electron chi connectivity index (χ4n) is 2.55. The summed E-state index contributed by atoms with van der Waals surface area (Å²) in [4.78, 5) is 13.7. The fourth-order valence-corrected chi connectivity index (χ4v) is 2.55. The highest BCUT2D eigenvalue weighted by molar-refractivity contribution is 5.70. The van der Waals surface area contributed by atoms with Gasteiger partial charge in [0.25, 0.3) is 0 Å². The summed E-state index contributed by atoms with van der Waals surface area (Å²) < 4.78 is 5.38. The van der Waals surface area contributed by atoms with Gasteiger partial charge in [0.05, 0.1) is 0 Å². The second kappa shape index (κ2) is 4.33. The fraction of sp³-hybridized carbons (Fsp3) is 0.769. The van der Waals surface area contributed by atoms with Gasteiger partial charge in [0.2, 0.25) is 0 Å². The summed E-state index contributed by atoms with van der Waals surface area (Å²) in [5, 5.41) is 0. The van der Waals surface area contributed by atoms with E-state index in [1.54, 1.807) is 4.90 Å². The van der Waals surface area contributed by atoms with Crippen LogP contribution >= 0.6 is 0 Å². The Morgan fingerprint density at radius 1 is 1.35 bits per heavy atom. The second-order valence-corrected chi connectivity index (χ2v) is 6.05. The van der Waals surface area contributed by atoms with Crippen molar-refractivity contribution in [3.63, 3.8) is 0 Å². The summed E-state index contributed by atoms with van der Waals surface area (Å²) in [6, 6.07) is 0. The molecule has 0 saturated carbocycles. The Balaban J connectivity index is 1.88. The Labute approximate surface area is 103 Å². The van der Waals surface area contributed by atoms with Gasteiger partial charge in [0.15, 0.2) is 0 Å². The SMILES string of the molecule is CC(C)(C)OC(=O)N1CC2=C(CC(CN)C2)C1. The molecule has 0 fully saturated rings. The minimum Gasteiger partial charge on any atom is -0.444 e. The number of nitrogens with two attached hydrogens (primary N) is 1. The number of hydrogen-bond donors (Lipinski definition) is 1. The highest BCUT2D eigenvalue weighted by Crippen LogP contribution is 2.36. The first-order valence-corrected chi connectivity index (χ1v) is 6.27. The lowest BCUT2D eigenvalue weighted by molar-refractivity contribution is 0.0295. The maximum Gasteiger partial charge on any atom is 0.410 e. The van der Waals surface area contributed by atoms with Crippen LogP contribution in [0.15, 0.2) is 11.1 Å². The highest BCUT2D eigenvalue weighted by Gasteiger charge is 2.34. The third-order valence-corrected chi connectivity index (χ3v) is 3.32. The minimum atomic E-state index is -0.413. The van der Waals surface area contributed by atoms with E-state index >= 15 is 0 Å². The number of rotatable bonds is 1. The van der Waals surface area contributed by atoms with Crippen molar-refractivity contribution < 1.29 is 9.53 Å². The van der Waals surface area contributed by atoms with Crippen molar-refractivity contribution in [3.8, 4) is 0 Å². The zero-order valence-electron chi connectivity index (χ0n) is 11.0. The Kier molecular flexibility index (Phi) is 3.17. The van der Waals surface area contributed by atoms with Crippen LogP contribution in [0.5, 0.6) is 0 Å². The van der Waals surface area contributed by atoms with E-state index in [4.69, 9.17) is 10.5 Å². The lowest BCUT2D eigenvalue weighted by Crippen LogP contribution is -2.36. The van der Waals surface area contributed by atoms with Gasteiger partial charge in [-0.3, -0.25) is 0 Å². The molecule has 2 aliphatic rings. The maximum atomic E-state index is 11.9. The van der Waals surface area contributed by atoms with Crippen LogP contribution in [0.1, 0.15) is 33.6 Å². The molecule has 2 N–H and O–H groups in total. The van der Waals surface area contributed by atoms with E-state index < -0.39 is 5.60 Å². The first-order chi connectivity index (χ1) is 7.89. The smallest absolute Gasteiger partial charge is 0.410 e. The predicted octanol–water partition coefficient (Wildman–Crippen LogP) is 1.90. The van der Waals surface area contributed by atoms with Crippen LogP contribution in [0.3, 0.4) is 0 Å². The van der Waals surface area contributed by atoms with Crippen molar-refractivity contribution >= 4 is 6.09 Å². The molecule has 1 heterocycles. The van der Waals surface area contributed by atoms with Crippen LogP contribution in [-0.2, 0) is 4.74 Å². The molecule has 4 nitrogen and oxygen atoms in total. The molecule has 96 valence electrons. The molecule has 1 amide bonds. The summed E-state index contributed by atoms with van der Waals surface area (Å²) in [6.45, 7) is 7.91. The van der Waals surface area contributed by atoms with Crippen molar-refractivity contribution in [1.82, 2.24) is 4.90 Å². The molecule has 1 aliphatic heterocycles. The van der Waals surface area contributed by atoms with E-state index in [9.17, 15) is 4.79 Å². The van der Waals surface area contributed by atoms with Gasteiger partial charge >= 0.3 is 6.09 Å². The van der Waals surface area contributed by atoms with Gasteiger partial charge < -0.3 is 15.4 Å². The molecule has 4 heteroatoms. The zero-order valence-corrected chi connectivity index (χ0v) is 11.0. The van der Waals surface area contributed by atoms with Crippen molar-refractivity contribution in [2.75, 3.05) is 19.6 Å². The van der Waals surface area contributed by atoms with E-state index in [1.807, 2.05) is 20.8 Å². The number of carbonyl (C=O) groups excluding carboxylic acids is 1. The van der Waals surface area contributed by atoms with Crippen LogP contribution in [0.25, 0.3) is 0 Å². The van der Waals surface area contributed by atoms with Crippen molar-refractivity contribution in [2.45, 2.75) is 39.2 Å². The van der Waals surface area contributed by atoms with E-state index in [0.717, 1.165) is 32.5 Å². The molecule has 0 atom stereocenters. The molecule has 0 spiro atoms. The minimum absolute atomic E-state index is 0.198. The molecule has 17 heavy (non-hydrogen) atoms. The first kappa shape index (κ1) is 12.4. The zero-order chi connectivity index (χ0) is 12.6. The summed E-state index contributed by atoms with van der Waals surface area (Å²) in [7, 11) is 0. The summed E-state index contributed by atoms with van der Waals surface area (Å²) in [6.07, 6.45) is 1.92. The molecule has 0 saturated heterocycles. The topological polar surface area (TPSA) is 55.6 Å². The quantitative estimate of drug-likeness (QED) is 0.710.